The maximum Gasteiger partial charge on any atom is 0.291 e. The fourth-order valence-electron chi connectivity index (χ4n) is 3.42. The molecule has 1 saturated heterocycles. The molecule has 1 fully saturated rings. The number of piperidine rings is 1. The summed E-state index contributed by atoms with van der Waals surface area (Å²) in [4.78, 5) is 29.6. The average Bonchev–Trinajstić information content (AvgIpc) is 3.19. The molecule has 0 saturated carbocycles. The van der Waals surface area contributed by atoms with Crippen molar-refractivity contribution >= 4 is 33.1 Å². The van der Waals surface area contributed by atoms with Gasteiger partial charge in [0.25, 0.3) is 5.56 Å². The first-order valence-electron chi connectivity index (χ1n) is 8.90. The summed E-state index contributed by atoms with van der Waals surface area (Å²) < 4.78 is 4.04. The van der Waals surface area contributed by atoms with E-state index in [2.05, 4.69) is 20.7 Å². The van der Waals surface area contributed by atoms with Crippen LogP contribution in [-0.2, 0) is 11.3 Å². The van der Waals surface area contributed by atoms with E-state index in [-0.39, 0.29) is 30.0 Å². The van der Waals surface area contributed by atoms with Crippen LogP contribution < -0.4 is 16.2 Å². The quantitative estimate of drug-likeness (QED) is 0.713. The molecule has 0 spiro atoms. The minimum absolute atomic E-state index is 0.0716. The molecule has 0 aliphatic carbocycles. The van der Waals surface area contributed by atoms with Gasteiger partial charge in [0.15, 0.2) is 5.65 Å². The Balaban J connectivity index is 1.69. The van der Waals surface area contributed by atoms with Crippen LogP contribution in [0.1, 0.15) is 38.4 Å². The number of carbonyl (C=O) groups excluding carboxylic acids is 1. The number of carbonyl (C=O) groups is 1. The molecular weight excluding hydrogens is 352 g/mol. The van der Waals surface area contributed by atoms with Gasteiger partial charge in [0.2, 0.25) is 5.91 Å². The number of nitrogens with one attached hydrogen (secondary N) is 2. The van der Waals surface area contributed by atoms with Gasteiger partial charge in [-0.25, -0.2) is 9.67 Å². The van der Waals surface area contributed by atoms with Crippen LogP contribution in [-0.4, -0.2) is 44.2 Å². The number of amides is 1. The summed E-state index contributed by atoms with van der Waals surface area (Å²) >= 11 is 1.49. The van der Waals surface area contributed by atoms with E-state index >= 15 is 0 Å². The first-order chi connectivity index (χ1) is 12.5. The number of nitrogens with zero attached hydrogens (tertiary/aromatic N) is 4. The molecule has 3 aromatic rings. The van der Waals surface area contributed by atoms with Crippen LogP contribution in [0.4, 0.5) is 0 Å². The topological polar surface area (TPSA) is 93.3 Å². The van der Waals surface area contributed by atoms with Gasteiger partial charge in [-0.15, -0.1) is 11.3 Å². The summed E-state index contributed by atoms with van der Waals surface area (Å²) in [6.45, 7) is 5.72. The lowest BCUT2D eigenvalue weighted by Crippen LogP contribution is -2.47. The fraction of sp³-hybridized carbons (Fsp3) is 0.529. The molecule has 138 valence electrons. The van der Waals surface area contributed by atoms with Crippen molar-refractivity contribution in [1.82, 2.24) is 29.8 Å². The maximum absolute atomic E-state index is 12.9. The lowest BCUT2D eigenvalue weighted by Gasteiger charge is -2.23. The van der Waals surface area contributed by atoms with E-state index in [1.165, 1.54) is 16.0 Å². The van der Waals surface area contributed by atoms with Crippen molar-refractivity contribution in [1.29, 1.82) is 0 Å². The number of hydrogen-bond acceptors (Lipinski definition) is 6. The molecule has 26 heavy (non-hydrogen) atoms. The molecule has 1 amide bonds. The van der Waals surface area contributed by atoms with E-state index in [1.54, 1.807) is 5.51 Å². The zero-order chi connectivity index (χ0) is 18.3. The monoisotopic (exact) mass is 374 g/mol. The third-order valence-corrected chi connectivity index (χ3v) is 5.44. The third kappa shape index (κ3) is 3.01. The standard InChI is InChI=1S/C17H22N6O2S/c1-10(2)15-21-22(8-14(24)20-11-4-3-5-18-7-11)17(25)12-6-13-16(23(12)15)19-9-26-13/h6,9-11,18H,3-5,7-8H2,1-2H3,(H,20,24)/t11-/m1/s1. The second-order valence-corrected chi connectivity index (χ2v) is 7.88. The predicted octanol–water partition coefficient (Wildman–Crippen LogP) is 1.10. The molecule has 0 bridgehead atoms. The van der Waals surface area contributed by atoms with Crippen LogP contribution in [0.25, 0.3) is 15.9 Å². The highest BCUT2D eigenvalue weighted by atomic mass is 32.1. The maximum atomic E-state index is 12.9. The molecule has 3 aromatic heterocycles. The molecule has 9 heteroatoms. The van der Waals surface area contributed by atoms with Crippen LogP contribution in [0, 0.1) is 0 Å². The second kappa shape index (κ2) is 6.81. The fourth-order valence-corrected chi connectivity index (χ4v) is 4.11. The Morgan fingerprint density at radius 3 is 3.08 bits per heavy atom. The third-order valence-electron chi connectivity index (χ3n) is 4.67. The van der Waals surface area contributed by atoms with E-state index in [4.69, 9.17) is 0 Å². The Bertz CT molecular complexity index is 1010. The van der Waals surface area contributed by atoms with Crippen LogP contribution >= 0.6 is 11.3 Å². The SMILES string of the molecule is CC(C)c1nn(CC(=O)N[C@@H]2CCCNC2)c(=O)c2cc3scnc3n12. The van der Waals surface area contributed by atoms with Crippen molar-refractivity contribution in [3.8, 4) is 0 Å². The second-order valence-electron chi connectivity index (χ2n) is 6.99. The smallest absolute Gasteiger partial charge is 0.291 e. The lowest BCUT2D eigenvalue weighted by atomic mass is 10.1. The van der Waals surface area contributed by atoms with E-state index in [1.807, 2.05) is 24.3 Å². The summed E-state index contributed by atoms with van der Waals surface area (Å²) in [6.07, 6.45) is 2.00. The highest BCUT2D eigenvalue weighted by Gasteiger charge is 2.20. The lowest BCUT2D eigenvalue weighted by molar-refractivity contribution is -0.122. The minimum Gasteiger partial charge on any atom is -0.350 e. The molecule has 0 aromatic carbocycles. The molecule has 8 nitrogen and oxygen atoms in total. The van der Waals surface area contributed by atoms with Gasteiger partial charge in [0.05, 0.1) is 10.2 Å². The van der Waals surface area contributed by atoms with Crippen molar-refractivity contribution in [2.45, 2.75) is 45.2 Å². The van der Waals surface area contributed by atoms with Crippen molar-refractivity contribution in [3.05, 3.63) is 27.8 Å². The van der Waals surface area contributed by atoms with Gasteiger partial charge in [-0.2, -0.15) is 5.10 Å². The van der Waals surface area contributed by atoms with E-state index in [9.17, 15) is 9.59 Å². The summed E-state index contributed by atoms with van der Waals surface area (Å²) in [5.74, 6) is 0.638. The first kappa shape index (κ1) is 17.2. The van der Waals surface area contributed by atoms with Crippen molar-refractivity contribution in [2.24, 2.45) is 0 Å². The Morgan fingerprint density at radius 2 is 2.35 bits per heavy atom. The van der Waals surface area contributed by atoms with Gasteiger partial charge in [-0.1, -0.05) is 13.8 Å². The summed E-state index contributed by atoms with van der Waals surface area (Å²) in [6, 6.07) is 1.95. The van der Waals surface area contributed by atoms with Crippen LogP contribution in [0.15, 0.2) is 16.4 Å². The van der Waals surface area contributed by atoms with Gasteiger partial charge < -0.3 is 10.6 Å². The average molecular weight is 374 g/mol. The molecule has 1 aliphatic rings. The normalized spacial score (nSPS) is 18.0. The van der Waals surface area contributed by atoms with E-state index < -0.39 is 0 Å². The Morgan fingerprint density at radius 1 is 1.50 bits per heavy atom. The van der Waals surface area contributed by atoms with Crippen molar-refractivity contribution < 1.29 is 4.79 Å². The minimum atomic E-state index is -0.267. The van der Waals surface area contributed by atoms with E-state index in [0.717, 1.165) is 42.1 Å². The van der Waals surface area contributed by atoms with Crippen molar-refractivity contribution in [2.75, 3.05) is 13.1 Å². The van der Waals surface area contributed by atoms with Crippen molar-refractivity contribution in [3.63, 3.8) is 0 Å². The molecule has 0 unspecified atom stereocenters. The van der Waals surface area contributed by atoms with Gasteiger partial charge in [-0.3, -0.25) is 14.0 Å². The first-order valence-corrected chi connectivity index (χ1v) is 9.78. The Hall–Kier alpha value is -2.26. The van der Waals surface area contributed by atoms with Gasteiger partial charge in [0.1, 0.15) is 17.9 Å². The largest absolute Gasteiger partial charge is 0.350 e. The number of rotatable bonds is 4. The van der Waals surface area contributed by atoms with E-state index in [0.29, 0.717) is 5.52 Å². The molecule has 1 aliphatic heterocycles. The van der Waals surface area contributed by atoms with Gasteiger partial charge in [-0.05, 0) is 25.5 Å². The number of thiazole rings is 1. The van der Waals surface area contributed by atoms with Crippen LogP contribution in [0.3, 0.4) is 0 Å². The Kier molecular flexibility index (Phi) is 4.49. The molecular formula is C17H22N6O2S. The predicted molar refractivity (Wildman–Crippen MR) is 101 cm³/mol. The highest BCUT2D eigenvalue weighted by molar-refractivity contribution is 7.16. The number of fused-ring (bicyclic) bond motifs is 3. The molecule has 4 rings (SSSR count). The highest BCUT2D eigenvalue weighted by Crippen LogP contribution is 2.24. The molecule has 1 atom stereocenters. The number of hydrogen-bond donors (Lipinski definition) is 2. The summed E-state index contributed by atoms with van der Waals surface area (Å²) in [5.41, 5.74) is 2.77. The van der Waals surface area contributed by atoms with Gasteiger partial charge >= 0.3 is 0 Å². The Labute approximate surface area is 154 Å². The van der Waals surface area contributed by atoms with Crippen LogP contribution in [0.2, 0.25) is 0 Å². The van der Waals surface area contributed by atoms with Gasteiger partial charge in [0, 0.05) is 18.5 Å². The van der Waals surface area contributed by atoms with Crippen LogP contribution in [0.5, 0.6) is 0 Å². The molecule has 0 radical (unpaired) electrons. The zero-order valence-electron chi connectivity index (χ0n) is 14.9. The zero-order valence-corrected chi connectivity index (χ0v) is 15.7. The summed E-state index contributed by atoms with van der Waals surface area (Å²) in [5, 5.41) is 10.8. The number of aromatic nitrogens is 4. The molecule has 4 heterocycles. The summed E-state index contributed by atoms with van der Waals surface area (Å²) in [7, 11) is 0. The molecule has 2 N–H and O–H groups in total.